The lowest BCUT2D eigenvalue weighted by atomic mass is 9.92. The molecule has 0 aliphatic heterocycles. The summed E-state index contributed by atoms with van der Waals surface area (Å²) in [6.07, 6.45) is 1.67. The minimum atomic E-state index is -0.448. The van der Waals surface area contributed by atoms with Gasteiger partial charge in [0.15, 0.2) is 5.82 Å². The molecule has 156 valence electrons. The smallest absolute Gasteiger partial charge is 0.269 e. The van der Waals surface area contributed by atoms with Gasteiger partial charge in [-0.1, -0.05) is 26.8 Å². The highest BCUT2D eigenvalue weighted by Gasteiger charge is 2.23. The Labute approximate surface area is 178 Å². The zero-order valence-electron chi connectivity index (χ0n) is 17.2. The van der Waals surface area contributed by atoms with Gasteiger partial charge in [-0.2, -0.15) is 9.78 Å². The lowest BCUT2D eigenvalue weighted by Crippen LogP contribution is -2.24. The van der Waals surface area contributed by atoms with E-state index in [2.05, 4.69) is 36.2 Å². The van der Waals surface area contributed by atoms with Gasteiger partial charge in [-0.05, 0) is 31.2 Å². The minimum absolute atomic E-state index is 0.0189. The number of rotatable bonds is 6. The van der Waals surface area contributed by atoms with Crippen LogP contribution in [-0.4, -0.2) is 30.8 Å². The molecular weight excluding hydrogens is 402 g/mol. The molecule has 0 aliphatic rings. The summed E-state index contributed by atoms with van der Waals surface area (Å²) in [7, 11) is 0. The Balaban J connectivity index is 1.79. The molecule has 1 aromatic carbocycles. The molecule has 2 aromatic heterocycles. The van der Waals surface area contributed by atoms with Crippen molar-refractivity contribution in [3.63, 3.8) is 0 Å². The number of nitro groups is 1. The second kappa shape index (κ2) is 8.66. The highest BCUT2D eigenvalue weighted by Crippen LogP contribution is 2.28. The second-order valence-corrected chi connectivity index (χ2v) is 9.18. The molecule has 0 bridgehead atoms. The molecule has 1 N–H and O–H groups in total. The SMILES string of the molecule is CC(Sc1ccc([N+](=O)[O-])cc1)C(=O)Nc1cc(C(C)(C)C)nn1-c1ccccn1. The number of thioether (sulfide) groups is 1. The first-order valence-corrected chi connectivity index (χ1v) is 10.3. The maximum atomic E-state index is 12.8. The highest BCUT2D eigenvalue weighted by molar-refractivity contribution is 8.00. The van der Waals surface area contributed by atoms with Crippen LogP contribution in [0.25, 0.3) is 5.82 Å². The number of nitrogens with one attached hydrogen (secondary N) is 1. The average Bonchev–Trinajstić information content (AvgIpc) is 3.13. The lowest BCUT2D eigenvalue weighted by Gasteiger charge is -2.13. The number of amides is 1. The topological polar surface area (TPSA) is 103 Å². The Morgan fingerprint density at radius 1 is 1.20 bits per heavy atom. The first kappa shape index (κ1) is 21.5. The van der Waals surface area contributed by atoms with Gasteiger partial charge in [-0.3, -0.25) is 14.9 Å². The monoisotopic (exact) mass is 425 g/mol. The first-order valence-electron chi connectivity index (χ1n) is 9.39. The predicted octanol–water partition coefficient (Wildman–Crippen LogP) is 4.59. The summed E-state index contributed by atoms with van der Waals surface area (Å²) in [6.45, 7) is 7.94. The van der Waals surface area contributed by atoms with Gasteiger partial charge in [0.1, 0.15) is 5.82 Å². The molecule has 0 radical (unpaired) electrons. The number of non-ortho nitro benzene ring substituents is 1. The zero-order chi connectivity index (χ0) is 21.9. The van der Waals surface area contributed by atoms with Crippen LogP contribution >= 0.6 is 11.8 Å². The standard InChI is InChI=1S/C21H23N5O3S/c1-14(30-16-10-8-15(9-11-16)26(28)29)20(27)23-19-13-17(21(2,3)4)24-25(19)18-7-5-6-12-22-18/h5-14H,1-4H3,(H,23,27). The van der Waals surface area contributed by atoms with E-state index < -0.39 is 10.2 Å². The Hall–Kier alpha value is -3.20. The van der Waals surface area contributed by atoms with Gasteiger partial charge in [-0.25, -0.2) is 4.98 Å². The summed E-state index contributed by atoms with van der Waals surface area (Å²) in [5, 5.41) is 18.0. The van der Waals surface area contributed by atoms with E-state index in [1.807, 2.05) is 24.3 Å². The van der Waals surface area contributed by atoms with Gasteiger partial charge >= 0.3 is 0 Å². The molecule has 9 heteroatoms. The molecule has 2 heterocycles. The number of benzene rings is 1. The number of nitro benzene ring substituents is 1. The van der Waals surface area contributed by atoms with Gasteiger partial charge in [-0.15, -0.1) is 11.8 Å². The van der Waals surface area contributed by atoms with Crippen molar-refractivity contribution >= 4 is 29.2 Å². The van der Waals surface area contributed by atoms with Crippen molar-refractivity contribution in [2.45, 2.75) is 43.3 Å². The van der Waals surface area contributed by atoms with Crippen LogP contribution in [0.3, 0.4) is 0 Å². The summed E-state index contributed by atoms with van der Waals surface area (Å²) < 4.78 is 1.63. The van der Waals surface area contributed by atoms with Crippen LogP contribution in [0.5, 0.6) is 0 Å². The molecule has 30 heavy (non-hydrogen) atoms. The van der Waals surface area contributed by atoms with E-state index in [1.54, 1.807) is 29.9 Å². The van der Waals surface area contributed by atoms with E-state index >= 15 is 0 Å². The van der Waals surface area contributed by atoms with Crippen molar-refractivity contribution in [2.75, 3.05) is 5.32 Å². The van der Waals surface area contributed by atoms with Crippen LogP contribution in [0.4, 0.5) is 11.5 Å². The van der Waals surface area contributed by atoms with Crippen LogP contribution in [0.15, 0.2) is 59.6 Å². The van der Waals surface area contributed by atoms with Crippen LogP contribution in [-0.2, 0) is 10.2 Å². The van der Waals surface area contributed by atoms with Gasteiger partial charge in [0, 0.05) is 34.7 Å². The molecule has 1 atom stereocenters. The number of carbonyl (C=O) groups is 1. The summed E-state index contributed by atoms with van der Waals surface area (Å²) in [6, 6.07) is 13.5. The Morgan fingerprint density at radius 2 is 1.90 bits per heavy atom. The number of hydrogen-bond acceptors (Lipinski definition) is 6. The molecular formula is C21H23N5O3S. The number of anilines is 1. The normalized spacial score (nSPS) is 12.4. The van der Waals surface area contributed by atoms with Crippen molar-refractivity contribution in [3.8, 4) is 5.82 Å². The van der Waals surface area contributed by atoms with Crippen LogP contribution in [0.2, 0.25) is 0 Å². The van der Waals surface area contributed by atoms with E-state index in [9.17, 15) is 14.9 Å². The van der Waals surface area contributed by atoms with Gasteiger partial charge in [0.2, 0.25) is 5.91 Å². The Bertz CT molecular complexity index is 1040. The molecule has 3 aromatic rings. The number of aromatic nitrogens is 3. The third kappa shape index (κ3) is 5.04. The lowest BCUT2D eigenvalue weighted by molar-refractivity contribution is -0.384. The third-order valence-electron chi connectivity index (χ3n) is 4.32. The summed E-state index contributed by atoms with van der Waals surface area (Å²) in [4.78, 5) is 28.3. The fourth-order valence-corrected chi connectivity index (χ4v) is 3.49. The minimum Gasteiger partial charge on any atom is -0.310 e. The zero-order valence-corrected chi connectivity index (χ0v) is 18.0. The Kier molecular flexibility index (Phi) is 6.21. The van der Waals surface area contributed by atoms with E-state index in [-0.39, 0.29) is 17.0 Å². The van der Waals surface area contributed by atoms with Gasteiger partial charge < -0.3 is 5.32 Å². The van der Waals surface area contributed by atoms with Crippen LogP contribution < -0.4 is 5.32 Å². The van der Waals surface area contributed by atoms with E-state index in [1.165, 1.54) is 23.9 Å². The Morgan fingerprint density at radius 3 is 2.47 bits per heavy atom. The molecule has 0 spiro atoms. The van der Waals surface area contributed by atoms with Crippen LogP contribution in [0, 0.1) is 10.1 Å². The largest absolute Gasteiger partial charge is 0.310 e. The van der Waals surface area contributed by atoms with Crippen LogP contribution in [0.1, 0.15) is 33.4 Å². The van der Waals surface area contributed by atoms with Crippen molar-refractivity contribution in [2.24, 2.45) is 0 Å². The summed E-state index contributed by atoms with van der Waals surface area (Å²) >= 11 is 1.33. The number of nitrogens with zero attached hydrogens (tertiary/aromatic N) is 4. The molecule has 1 amide bonds. The quantitative estimate of drug-likeness (QED) is 0.352. The second-order valence-electron chi connectivity index (χ2n) is 7.76. The summed E-state index contributed by atoms with van der Waals surface area (Å²) in [5.41, 5.74) is 0.656. The molecule has 0 saturated carbocycles. The maximum Gasteiger partial charge on any atom is 0.269 e. The maximum absolute atomic E-state index is 12.8. The van der Waals surface area contributed by atoms with Crippen molar-refractivity contribution < 1.29 is 9.72 Å². The molecule has 8 nitrogen and oxygen atoms in total. The first-order chi connectivity index (χ1) is 14.1. The molecule has 0 saturated heterocycles. The summed E-state index contributed by atoms with van der Waals surface area (Å²) in [5.74, 6) is 0.953. The molecule has 0 fully saturated rings. The van der Waals surface area contributed by atoms with Gasteiger partial charge in [0.25, 0.3) is 5.69 Å². The number of pyridine rings is 1. The van der Waals surface area contributed by atoms with Crippen molar-refractivity contribution in [3.05, 3.63) is 70.5 Å². The molecule has 0 aliphatic carbocycles. The predicted molar refractivity (Wildman–Crippen MR) is 117 cm³/mol. The number of carbonyl (C=O) groups excluding carboxylic acids is 1. The average molecular weight is 426 g/mol. The fraction of sp³-hybridized carbons (Fsp3) is 0.286. The highest BCUT2D eigenvalue weighted by atomic mass is 32.2. The molecule has 3 rings (SSSR count). The van der Waals surface area contributed by atoms with E-state index in [0.717, 1.165) is 10.6 Å². The fourth-order valence-electron chi connectivity index (χ4n) is 2.62. The van der Waals surface area contributed by atoms with E-state index in [0.29, 0.717) is 11.6 Å². The van der Waals surface area contributed by atoms with Gasteiger partial charge in [0.05, 0.1) is 15.9 Å². The molecule has 1 unspecified atom stereocenters. The van der Waals surface area contributed by atoms with Crippen molar-refractivity contribution in [1.29, 1.82) is 0 Å². The third-order valence-corrected chi connectivity index (χ3v) is 5.44. The van der Waals surface area contributed by atoms with E-state index in [4.69, 9.17) is 0 Å². The van der Waals surface area contributed by atoms with Crippen molar-refractivity contribution in [1.82, 2.24) is 14.8 Å². The number of hydrogen-bond donors (Lipinski definition) is 1.